The highest BCUT2D eigenvalue weighted by Crippen LogP contribution is 2.47. The van der Waals surface area contributed by atoms with Gasteiger partial charge in [-0.05, 0) is 38.3 Å². The third-order valence-corrected chi connectivity index (χ3v) is 7.85. The summed E-state index contributed by atoms with van der Waals surface area (Å²) in [5.41, 5.74) is -4.10. The number of benzene rings is 1. The van der Waals surface area contributed by atoms with Crippen molar-refractivity contribution < 1.29 is 37.4 Å². The number of para-hydroxylation sites is 1. The molecule has 3 N–H and O–H groups in total. The molecule has 12 nitrogen and oxygen atoms in total. The monoisotopic (exact) mass is 541 g/mol. The summed E-state index contributed by atoms with van der Waals surface area (Å²) in [7, 11) is -4.30. The molecule has 0 spiro atoms. The number of esters is 1. The number of rotatable bonds is 10. The van der Waals surface area contributed by atoms with E-state index in [0.29, 0.717) is 0 Å². The maximum atomic E-state index is 15.5. The maximum absolute atomic E-state index is 15.5. The van der Waals surface area contributed by atoms with Crippen molar-refractivity contribution in [3.63, 3.8) is 0 Å². The molecule has 1 saturated heterocycles. The third-order valence-electron chi connectivity index (χ3n) is 6.21. The SMILES string of the molecule is CC1CC1OC(=O)[C@H](C)N[P@](=O)(OC[C@H]1O[C@@H](n2ccc(=O)[nH]c2=O)[C@](C)(F)[C@@H]1O)Oc1ccccc1. The average molecular weight is 541 g/mol. The van der Waals surface area contributed by atoms with Gasteiger partial charge in [-0.1, -0.05) is 25.1 Å². The van der Waals surface area contributed by atoms with Crippen molar-refractivity contribution in [3.8, 4) is 5.75 Å². The van der Waals surface area contributed by atoms with Crippen LogP contribution in [-0.4, -0.2) is 57.3 Å². The van der Waals surface area contributed by atoms with Gasteiger partial charge in [0.05, 0.1) is 6.61 Å². The lowest BCUT2D eigenvalue weighted by atomic mass is 9.98. The van der Waals surface area contributed by atoms with Crippen molar-refractivity contribution in [2.75, 3.05) is 6.61 Å². The van der Waals surface area contributed by atoms with Crippen molar-refractivity contribution in [2.24, 2.45) is 5.92 Å². The highest BCUT2D eigenvalue weighted by molar-refractivity contribution is 7.52. The molecule has 2 aromatic rings. The third kappa shape index (κ3) is 6.19. The van der Waals surface area contributed by atoms with Crippen LogP contribution in [0.2, 0.25) is 0 Å². The van der Waals surface area contributed by atoms with Crippen molar-refractivity contribution in [1.82, 2.24) is 14.6 Å². The van der Waals surface area contributed by atoms with E-state index in [-0.39, 0.29) is 17.8 Å². The summed E-state index contributed by atoms with van der Waals surface area (Å²) in [4.78, 5) is 38.0. The minimum absolute atomic E-state index is 0.163. The molecule has 14 heteroatoms. The number of carbonyl (C=O) groups is 1. The number of aliphatic hydroxyl groups is 1. The number of ether oxygens (including phenoxy) is 2. The molecule has 0 bridgehead atoms. The molecule has 1 aliphatic heterocycles. The van der Waals surface area contributed by atoms with Crippen LogP contribution in [0.5, 0.6) is 5.75 Å². The molecule has 2 heterocycles. The summed E-state index contributed by atoms with van der Waals surface area (Å²) in [6.45, 7) is 3.75. The van der Waals surface area contributed by atoms with Crippen LogP contribution in [0.15, 0.2) is 52.2 Å². The number of alkyl halides is 1. The number of nitrogens with one attached hydrogen (secondary N) is 2. The quantitative estimate of drug-likeness (QED) is 0.298. The van der Waals surface area contributed by atoms with Crippen molar-refractivity contribution in [3.05, 3.63) is 63.4 Å². The van der Waals surface area contributed by atoms with Crippen molar-refractivity contribution >= 4 is 13.7 Å². The molecule has 2 unspecified atom stereocenters. The molecule has 1 aromatic heterocycles. The van der Waals surface area contributed by atoms with Gasteiger partial charge < -0.3 is 19.1 Å². The minimum Gasteiger partial charge on any atom is -0.461 e. The summed E-state index contributed by atoms with van der Waals surface area (Å²) in [6, 6.07) is 7.94. The number of carbonyl (C=O) groups excluding carboxylic acids is 1. The first-order valence-corrected chi connectivity index (χ1v) is 13.3. The highest BCUT2D eigenvalue weighted by Gasteiger charge is 2.56. The van der Waals surface area contributed by atoms with Crippen LogP contribution in [0, 0.1) is 5.92 Å². The van der Waals surface area contributed by atoms with Gasteiger partial charge in [0.1, 0.15) is 30.1 Å². The predicted octanol–water partition coefficient (Wildman–Crippen LogP) is 1.66. The summed E-state index contributed by atoms with van der Waals surface area (Å²) in [6.07, 6.45) is -3.23. The Hall–Kier alpha value is -2.83. The van der Waals surface area contributed by atoms with E-state index in [9.17, 15) is 24.1 Å². The van der Waals surface area contributed by atoms with E-state index >= 15 is 4.39 Å². The Bertz CT molecular complexity index is 1280. The van der Waals surface area contributed by atoms with Crippen LogP contribution in [0.4, 0.5) is 4.39 Å². The van der Waals surface area contributed by atoms with Crippen molar-refractivity contribution in [1.29, 1.82) is 0 Å². The van der Waals surface area contributed by atoms with E-state index in [4.69, 9.17) is 18.5 Å². The Morgan fingerprint density at radius 2 is 2.03 bits per heavy atom. The van der Waals surface area contributed by atoms with Gasteiger partial charge in [-0.2, -0.15) is 5.09 Å². The first-order valence-electron chi connectivity index (χ1n) is 11.7. The highest BCUT2D eigenvalue weighted by atomic mass is 31.2. The van der Waals surface area contributed by atoms with Gasteiger partial charge in [-0.25, -0.2) is 13.8 Å². The van der Waals surface area contributed by atoms with E-state index in [1.165, 1.54) is 19.1 Å². The van der Waals surface area contributed by atoms with Crippen LogP contribution in [0.3, 0.4) is 0 Å². The van der Waals surface area contributed by atoms with E-state index < -0.39 is 61.7 Å². The second-order valence-electron chi connectivity index (χ2n) is 9.38. The molecular weight excluding hydrogens is 512 g/mol. The molecular formula is C23H29FN3O9P. The molecule has 0 radical (unpaired) electrons. The smallest absolute Gasteiger partial charge is 0.459 e. The fraction of sp³-hybridized carbons (Fsp3) is 0.522. The zero-order valence-electron chi connectivity index (χ0n) is 20.4. The van der Waals surface area contributed by atoms with Gasteiger partial charge in [0, 0.05) is 12.3 Å². The molecule has 202 valence electrons. The molecule has 0 amide bonds. The lowest BCUT2D eigenvalue weighted by Crippen LogP contribution is -2.43. The number of H-pyrrole nitrogens is 1. The summed E-state index contributed by atoms with van der Waals surface area (Å²) >= 11 is 0. The van der Waals surface area contributed by atoms with Gasteiger partial charge in [-0.3, -0.25) is 23.7 Å². The van der Waals surface area contributed by atoms with Crippen LogP contribution in [0.1, 0.15) is 33.4 Å². The lowest BCUT2D eigenvalue weighted by molar-refractivity contribution is -0.147. The van der Waals surface area contributed by atoms with Gasteiger partial charge in [0.25, 0.3) is 5.56 Å². The minimum atomic E-state index is -4.30. The first-order chi connectivity index (χ1) is 17.4. The second-order valence-corrected chi connectivity index (χ2v) is 11.1. The topological polar surface area (TPSA) is 158 Å². The van der Waals surface area contributed by atoms with Gasteiger partial charge >= 0.3 is 19.4 Å². The molecule has 2 fully saturated rings. The number of halogens is 1. The fourth-order valence-corrected chi connectivity index (χ4v) is 5.34. The van der Waals surface area contributed by atoms with Crippen LogP contribution in [-0.2, 0) is 23.4 Å². The molecule has 2 aliphatic rings. The molecule has 37 heavy (non-hydrogen) atoms. The number of aromatic nitrogens is 2. The van der Waals surface area contributed by atoms with E-state index in [1.54, 1.807) is 18.2 Å². The summed E-state index contributed by atoms with van der Waals surface area (Å²) in [5, 5.41) is 13.1. The number of hydrogen-bond acceptors (Lipinski definition) is 9. The Kier molecular flexibility index (Phi) is 7.72. The maximum Gasteiger partial charge on any atom is 0.459 e. The van der Waals surface area contributed by atoms with E-state index in [2.05, 4.69) is 5.09 Å². The van der Waals surface area contributed by atoms with Crippen LogP contribution in [0.25, 0.3) is 0 Å². The number of aromatic amines is 1. The largest absolute Gasteiger partial charge is 0.461 e. The Morgan fingerprint density at radius 1 is 1.35 bits per heavy atom. The normalized spacial score (nSPS) is 31.3. The Balaban J connectivity index is 1.49. The predicted molar refractivity (Wildman–Crippen MR) is 128 cm³/mol. The zero-order chi connectivity index (χ0) is 27.0. The standard InChI is InChI=1S/C23H29FN3O9P/c1-13-11-16(13)34-20(30)14(2)26-37(32,36-15-7-5-4-6-8-15)33-12-17-19(29)23(3,24)21(35-17)27-10-9-18(28)25-22(27)31/h4-10,13-14,16-17,19,21,29H,11-12H2,1-3H3,(H,26,32)(H,25,28,31)/t13?,14-,16?,17+,19+,21+,23+,37-/m0/s1. The van der Waals surface area contributed by atoms with Crippen LogP contribution < -0.4 is 20.9 Å². The van der Waals surface area contributed by atoms with Crippen molar-refractivity contribution in [2.45, 2.75) is 63.4 Å². The van der Waals surface area contributed by atoms with Gasteiger partial charge in [-0.15, -0.1) is 0 Å². The number of aliphatic hydroxyl groups excluding tert-OH is 1. The molecule has 1 aliphatic carbocycles. The summed E-state index contributed by atoms with van der Waals surface area (Å²) < 4.78 is 51.8. The van der Waals surface area contributed by atoms with Gasteiger partial charge in [0.15, 0.2) is 11.9 Å². The average Bonchev–Trinajstić information content (AvgIpc) is 3.47. The van der Waals surface area contributed by atoms with Crippen LogP contribution >= 0.6 is 7.75 Å². The molecule has 8 atom stereocenters. The van der Waals surface area contributed by atoms with E-state index in [0.717, 1.165) is 30.2 Å². The number of nitrogens with zero attached hydrogens (tertiary/aromatic N) is 1. The van der Waals surface area contributed by atoms with Gasteiger partial charge in [0.2, 0.25) is 0 Å². The summed E-state index contributed by atoms with van der Waals surface area (Å²) in [5.74, 6) is -0.241. The molecule has 4 rings (SSSR count). The number of hydrogen-bond donors (Lipinski definition) is 3. The molecule has 1 saturated carbocycles. The van der Waals surface area contributed by atoms with E-state index in [1.807, 2.05) is 11.9 Å². The first kappa shape index (κ1) is 27.2. The zero-order valence-corrected chi connectivity index (χ0v) is 21.3. The second kappa shape index (κ2) is 10.5. The fourth-order valence-electron chi connectivity index (χ4n) is 3.84. The molecule has 1 aromatic carbocycles. The Morgan fingerprint density at radius 3 is 2.65 bits per heavy atom. The lowest BCUT2D eigenvalue weighted by Gasteiger charge is -2.25. The Labute approximate surface area is 211 Å².